The van der Waals surface area contributed by atoms with Gasteiger partial charge in [-0.2, -0.15) is 0 Å². The summed E-state index contributed by atoms with van der Waals surface area (Å²) in [6.07, 6.45) is 4.63. The van der Waals surface area contributed by atoms with Crippen LogP contribution in [0.4, 0.5) is 10.1 Å². The molecule has 2 N–H and O–H groups in total. The summed E-state index contributed by atoms with van der Waals surface area (Å²) in [6.45, 7) is 3.11. The van der Waals surface area contributed by atoms with Crippen LogP contribution in [-0.4, -0.2) is 64.7 Å². The van der Waals surface area contributed by atoms with Crippen LogP contribution >= 0.6 is 0 Å². The van der Waals surface area contributed by atoms with E-state index in [1.54, 1.807) is 10.6 Å². The second kappa shape index (κ2) is 7.23. The Hall–Kier alpha value is -2.94. The number of halogens is 1. The molecule has 0 radical (unpaired) electrons. The largest absolute Gasteiger partial charge is 0.477 e. The maximum atomic E-state index is 14.9. The lowest BCUT2D eigenvalue weighted by Gasteiger charge is -2.35. The SMILES string of the molecule is O=C(O)c1cn(C2CC2)c2cc(N3CCN(CC=NO)CC3)c(F)cc2c1=O. The first-order chi connectivity index (χ1) is 13.5. The molecule has 0 spiro atoms. The van der Waals surface area contributed by atoms with Crippen LogP contribution in [0.5, 0.6) is 0 Å². The molecule has 1 saturated carbocycles. The molecule has 9 heteroatoms. The van der Waals surface area contributed by atoms with Gasteiger partial charge in [-0.3, -0.25) is 9.69 Å². The van der Waals surface area contributed by atoms with Gasteiger partial charge in [0, 0.05) is 50.3 Å². The van der Waals surface area contributed by atoms with Gasteiger partial charge >= 0.3 is 5.97 Å². The van der Waals surface area contributed by atoms with E-state index >= 15 is 0 Å². The number of aromatic nitrogens is 1. The number of hydrogen-bond acceptors (Lipinski definition) is 6. The third-order valence-electron chi connectivity index (χ3n) is 5.41. The first kappa shape index (κ1) is 18.4. The van der Waals surface area contributed by atoms with E-state index in [-0.39, 0.29) is 17.0 Å². The standard InChI is InChI=1S/C19H21FN4O4/c20-15-9-13-16(24(12-1-2-12)11-14(18(13)25)19(26)27)10-17(15)23-7-5-22(6-8-23)4-3-21-28/h3,9-12,28H,1-2,4-8H2,(H,26,27). The Morgan fingerprint density at radius 3 is 2.57 bits per heavy atom. The predicted octanol–water partition coefficient (Wildman–Crippen LogP) is 1.76. The minimum Gasteiger partial charge on any atom is -0.477 e. The Kier molecular flexibility index (Phi) is 4.76. The van der Waals surface area contributed by atoms with E-state index in [4.69, 9.17) is 5.21 Å². The highest BCUT2D eigenvalue weighted by molar-refractivity contribution is 5.93. The van der Waals surface area contributed by atoms with Crippen LogP contribution in [0, 0.1) is 5.82 Å². The first-order valence-electron chi connectivity index (χ1n) is 9.24. The second-order valence-corrected chi connectivity index (χ2v) is 7.22. The van der Waals surface area contributed by atoms with E-state index in [0.29, 0.717) is 43.9 Å². The summed E-state index contributed by atoms with van der Waals surface area (Å²) in [5, 5.41) is 21.0. The number of hydrogen-bond donors (Lipinski definition) is 2. The number of carboxylic acids is 1. The van der Waals surface area contributed by atoms with Crippen LogP contribution in [0.25, 0.3) is 10.9 Å². The van der Waals surface area contributed by atoms with E-state index in [1.807, 2.05) is 4.90 Å². The van der Waals surface area contributed by atoms with Gasteiger partial charge in [0.2, 0.25) is 5.43 Å². The summed E-state index contributed by atoms with van der Waals surface area (Å²) in [4.78, 5) is 28.0. The summed E-state index contributed by atoms with van der Waals surface area (Å²) < 4.78 is 16.7. The van der Waals surface area contributed by atoms with Gasteiger partial charge in [-0.05, 0) is 25.0 Å². The van der Waals surface area contributed by atoms with Gasteiger partial charge in [0.15, 0.2) is 0 Å². The van der Waals surface area contributed by atoms with Gasteiger partial charge in [-0.15, -0.1) is 5.16 Å². The molecule has 0 amide bonds. The maximum Gasteiger partial charge on any atom is 0.341 e. The Bertz CT molecular complexity index is 1010. The van der Waals surface area contributed by atoms with Crippen molar-refractivity contribution >= 4 is 28.8 Å². The molecule has 1 saturated heterocycles. The molecular weight excluding hydrogens is 367 g/mol. The fourth-order valence-corrected chi connectivity index (χ4v) is 3.73. The van der Waals surface area contributed by atoms with Crippen molar-refractivity contribution in [1.29, 1.82) is 0 Å². The normalized spacial score (nSPS) is 18.2. The molecule has 2 aliphatic rings. The van der Waals surface area contributed by atoms with Crippen LogP contribution in [0.2, 0.25) is 0 Å². The number of aromatic carboxylic acids is 1. The van der Waals surface area contributed by atoms with E-state index in [1.165, 1.54) is 18.5 Å². The van der Waals surface area contributed by atoms with Gasteiger partial charge in [-0.1, -0.05) is 0 Å². The molecule has 2 heterocycles. The summed E-state index contributed by atoms with van der Waals surface area (Å²) in [6, 6.07) is 2.98. The van der Waals surface area contributed by atoms with Gasteiger partial charge in [0.25, 0.3) is 0 Å². The molecule has 1 aliphatic heterocycles. The van der Waals surface area contributed by atoms with Crippen molar-refractivity contribution < 1.29 is 19.5 Å². The van der Waals surface area contributed by atoms with Crippen molar-refractivity contribution in [3.8, 4) is 0 Å². The quantitative estimate of drug-likeness (QED) is 0.460. The van der Waals surface area contributed by atoms with Crippen molar-refractivity contribution in [3.05, 3.63) is 39.9 Å². The molecule has 4 rings (SSSR count). The lowest BCUT2D eigenvalue weighted by atomic mass is 10.1. The lowest BCUT2D eigenvalue weighted by molar-refractivity contribution is 0.0695. The van der Waals surface area contributed by atoms with Crippen molar-refractivity contribution in [2.45, 2.75) is 18.9 Å². The highest BCUT2D eigenvalue weighted by Gasteiger charge is 2.28. The van der Waals surface area contributed by atoms with Gasteiger partial charge in [0.1, 0.15) is 11.4 Å². The summed E-state index contributed by atoms with van der Waals surface area (Å²) in [5.74, 6) is -1.83. The molecule has 8 nitrogen and oxygen atoms in total. The fourth-order valence-electron chi connectivity index (χ4n) is 3.73. The summed E-state index contributed by atoms with van der Waals surface area (Å²) in [7, 11) is 0. The van der Waals surface area contributed by atoms with Crippen LogP contribution in [-0.2, 0) is 0 Å². The van der Waals surface area contributed by atoms with Gasteiger partial charge < -0.3 is 19.8 Å². The molecule has 0 bridgehead atoms. The molecular formula is C19H21FN4O4. The highest BCUT2D eigenvalue weighted by Crippen LogP contribution is 2.38. The molecule has 0 unspecified atom stereocenters. The van der Waals surface area contributed by atoms with E-state index in [2.05, 4.69) is 10.1 Å². The minimum absolute atomic E-state index is 0.103. The van der Waals surface area contributed by atoms with Crippen LogP contribution < -0.4 is 10.3 Å². The fraction of sp³-hybridized carbons (Fsp3) is 0.421. The molecule has 28 heavy (non-hydrogen) atoms. The van der Waals surface area contributed by atoms with Crippen LogP contribution in [0.3, 0.4) is 0 Å². The van der Waals surface area contributed by atoms with Crippen LogP contribution in [0.15, 0.2) is 28.3 Å². The monoisotopic (exact) mass is 388 g/mol. The zero-order valence-corrected chi connectivity index (χ0v) is 15.2. The predicted molar refractivity (Wildman–Crippen MR) is 102 cm³/mol. The van der Waals surface area contributed by atoms with Crippen molar-refractivity contribution in [2.75, 3.05) is 37.6 Å². The molecule has 1 aromatic carbocycles. The van der Waals surface area contributed by atoms with E-state index < -0.39 is 17.2 Å². The Morgan fingerprint density at radius 1 is 1.25 bits per heavy atom. The Morgan fingerprint density at radius 2 is 1.96 bits per heavy atom. The average molecular weight is 388 g/mol. The smallest absolute Gasteiger partial charge is 0.341 e. The zero-order chi connectivity index (χ0) is 19.8. The second-order valence-electron chi connectivity index (χ2n) is 7.22. The number of piperazine rings is 1. The third kappa shape index (κ3) is 3.33. The number of fused-ring (bicyclic) bond motifs is 1. The molecule has 1 aromatic heterocycles. The number of carboxylic acid groups (broad SMARTS) is 1. The molecule has 1 aliphatic carbocycles. The van der Waals surface area contributed by atoms with Crippen molar-refractivity contribution in [3.63, 3.8) is 0 Å². The average Bonchev–Trinajstić information content (AvgIpc) is 3.52. The number of carbonyl (C=O) groups is 1. The molecule has 2 fully saturated rings. The Labute approximate surface area is 160 Å². The first-order valence-corrected chi connectivity index (χ1v) is 9.24. The van der Waals surface area contributed by atoms with Crippen molar-refractivity contribution in [1.82, 2.24) is 9.47 Å². The Balaban J connectivity index is 1.72. The minimum atomic E-state index is -1.30. The number of benzene rings is 1. The number of pyridine rings is 1. The molecule has 0 atom stereocenters. The molecule has 148 valence electrons. The number of oxime groups is 1. The van der Waals surface area contributed by atoms with E-state index in [0.717, 1.165) is 12.8 Å². The zero-order valence-electron chi connectivity index (χ0n) is 15.2. The lowest BCUT2D eigenvalue weighted by Crippen LogP contribution is -2.47. The van der Waals surface area contributed by atoms with Crippen LogP contribution in [0.1, 0.15) is 29.2 Å². The maximum absolute atomic E-state index is 14.9. The number of anilines is 1. The van der Waals surface area contributed by atoms with Crippen molar-refractivity contribution in [2.24, 2.45) is 5.16 Å². The summed E-state index contributed by atoms with van der Waals surface area (Å²) >= 11 is 0. The van der Waals surface area contributed by atoms with Gasteiger partial charge in [-0.25, -0.2) is 9.18 Å². The number of nitrogens with zero attached hydrogens (tertiary/aromatic N) is 4. The van der Waals surface area contributed by atoms with Gasteiger partial charge in [0.05, 0.1) is 17.4 Å². The third-order valence-corrected chi connectivity index (χ3v) is 5.41. The molecule has 2 aromatic rings. The number of rotatable bonds is 5. The summed E-state index contributed by atoms with van der Waals surface area (Å²) in [5.41, 5.74) is 0.00673. The van der Waals surface area contributed by atoms with E-state index in [9.17, 15) is 19.1 Å². The topological polar surface area (TPSA) is 98.4 Å². The highest BCUT2D eigenvalue weighted by atomic mass is 19.1.